The van der Waals surface area contributed by atoms with Crippen molar-refractivity contribution in [1.29, 1.82) is 0 Å². The number of rotatable bonds is 6. The van der Waals surface area contributed by atoms with E-state index in [4.69, 9.17) is 14.3 Å². The number of hydrogen-bond acceptors (Lipinski definition) is 7. The van der Waals surface area contributed by atoms with E-state index in [2.05, 4.69) is 10.3 Å². The third-order valence-corrected chi connectivity index (χ3v) is 5.49. The zero-order valence-corrected chi connectivity index (χ0v) is 18.2. The summed E-state index contributed by atoms with van der Waals surface area (Å²) in [7, 11) is 0. The smallest absolute Gasteiger partial charge is 0.338 e. The van der Waals surface area contributed by atoms with Gasteiger partial charge in [0, 0.05) is 11.6 Å². The number of ether oxygens (including phenoxy) is 1. The van der Waals surface area contributed by atoms with Gasteiger partial charge in [-0.05, 0) is 67.2 Å². The average molecular weight is 462 g/mol. The van der Waals surface area contributed by atoms with Gasteiger partial charge in [0.1, 0.15) is 11.5 Å². The molecule has 1 aliphatic rings. The first kappa shape index (κ1) is 22.1. The van der Waals surface area contributed by atoms with Gasteiger partial charge in [-0.1, -0.05) is 12.1 Å². The van der Waals surface area contributed by atoms with E-state index < -0.39 is 5.97 Å². The SMILES string of the molecule is CCOC(=O)c1ccc(-c2ccc(/C=C3\SC(=Nc4ccc(C(=O)O)cc4)NC3=O)o2)cc1. The Hall–Kier alpha value is -4.11. The van der Waals surface area contributed by atoms with Gasteiger partial charge in [-0.3, -0.25) is 4.79 Å². The van der Waals surface area contributed by atoms with Crippen molar-refractivity contribution in [1.82, 2.24) is 5.32 Å². The summed E-state index contributed by atoms with van der Waals surface area (Å²) in [5.74, 6) is -0.626. The molecule has 2 heterocycles. The predicted octanol–water partition coefficient (Wildman–Crippen LogP) is 4.71. The molecule has 2 N–H and O–H groups in total. The van der Waals surface area contributed by atoms with E-state index in [-0.39, 0.29) is 17.4 Å². The summed E-state index contributed by atoms with van der Waals surface area (Å²) in [5, 5.41) is 12.0. The number of carbonyl (C=O) groups excluding carboxylic acids is 2. The zero-order valence-electron chi connectivity index (χ0n) is 17.4. The largest absolute Gasteiger partial charge is 0.478 e. The Morgan fingerprint density at radius 2 is 1.76 bits per heavy atom. The van der Waals surface area contributed by atoms with Gasteiger partial charge in [-0.25, -0.2) is 14.6 Å². The lowest BCUT2D eigenvalue weighted by Gasteiger charge is -2.02. The van der Waals surface area contributed by atoms with Crippen molar-refractivity contribution in [3.63, 3.8) is 0 Å². The monoisotopic (exact) mass is 462 g/mol. The van der Waals surface area contributed by atoms with Crippen LogP contribution in [0, 0.1) is 0 Å². The highest BCUT2D eigenvalue weighted by atomic mass is 32.2. The fourth-order valence-electron chi connectivity index (χ4n) is 2.98. The first-order valence-electron chi connectivity index (χ1n) is 9.93. The van der Waals surface area contributed by atoms with Crippen LogP contribution in [0.15, 0.2) is 75.0 Å². The van der Waals surface area contributed by atoms with Gasteiger partial charge in [-0.15, -0.1) is 0 Å². The molecule has 0 spiro atoms. The summed E-state index contributed by atoms with van der Waals surface area (Å²) < 4.78 is 10.8. The normalized spacial score (nSPS) is 15.6. The number of nitrogens with zero attached hydrogens (tertiary/aromatic N) is 1. The molecule has 1 aliphatic heterocycles. The van der Waals surface area contributed by atoms with E-state index in [9.17, 15) is 14.4 Å². The van der Waals surface area contributed by atoms with Crippen molar-refractivity contribution in [2.75, 3.05) is 6.61 Å². The van der Waals surface area contributed by atoms with Crippen LogP contribution in [0.4, 0.5) is 5.69 Å². The van der Waals surface area contributed by atoms with Crippen LogP contribution in [0.25, 0.3) is 17.4 Å². The number of nitrogens with one attached hydrogen (secondary N) is 1. The summed E-state index contributed by atoms with van der Waals surface area (Å²) in [6.45, 7) is 2.06. The number of aliphatic imine (C=N–C) groups is 1. The molecule has 1 fully saturated rings. The van der Waals surface area contributed by atoms with Crippen LogP contribution in [-0.2, 0) is 9.53 Å². The second-order valence-electron chi connectivity index (χ2n) is 6.83. The molecule has 2 aromatic carbocycles. The Bertz CT molecular complexity index is 1270. The first-order chi connectivity index (χ1) is 15.9. The van der Waals surface area contributed by atoms with E-state index >= 15 is 0 Å². The molecule has 0 saturated carbocycles. The zero-order chi connectivity index (χ0) is 23.4. The molecular formula is C24H18N2O6S. The van der Waals surface area contributed by atoms with Crippen LogP contribution in [0.3, 0.4) is 0 Å². The van der Waals surface area contributed by atoms with Gasteiger partial charge < -0.3 is 19.6 Å². The van der Waals surface area contributed by atoms with E-state index in [1.165, 1.54) is 12.1 Å². The number of aromatic carboxylic acids is 1. The number of benzene rings is 2. The Morgan fingerprint density at radius 3 is 2.42 bits per heavy atom. The van der Waals surface area contributed by atoms with Crippen molar-refractivity contribution in [3.8, 4) is 11.3 Å². The Balaban J connectivity index is 1.47. The summed E-state index contributed by atoms with van der Waals surface area (Å²) in [5.41, 5.74) is 1.92. The van der Waals surface area contributed by atoms with Gasteiger partial charge in [0.15, 0.2) is 5.17 Å². The number of hydrogen-bond donors (Lipinski definition) is 2. The molecule has 1 aromatic heterocycles. The number of amidine groups is 1. The lowest BCUT2D eigenvalue weighted by Crippen LogP contribution is -2.19. The molecule has 4 rings (SSSR count). The summed E-state index contributed by atoms with van der Waals surface area (Å²) >= 11 is 1.16. The number of carbonyl (C=O) groups is 3. The number of carboxylic acid groups (broad SMARTS) is 1. The average Bonchev–Trinajstić information content (AvgIpc) is 3.41. The molecule has 0 atom stereocenters. The Kier molecular flexibility index (Phi) is 6.41. The third-order valence-electron chi connectivity index (χ3n) is 4.58. The van der Waals surface area contributed by atoms with Gasteiger partial charge in [-0.2, -0.15) is 0 Å². The molecular weight excluding hydrogens is 444 g/mol. The molecule has 1 amide bonds. The first-order valence-corrected chi connectivity index (χ1v) is 10.7. The van der Waals surface area contributed by atoms with Crippen LogP contribution >= 0.6 is 11.8 Å². The van der Waals surface area contributed by atoms with E-state index in [1.807, 2.05) is 0 Å². The standard InChI is InChI=1S/C24H18N2O6S/c1-2-31-23(30)16-5-3-14(4-6-16)19-12-11-18(32-19)13-20-21(27)26-24(33-20)25-17-9-7-15(8-10-17)22(28)29/h3-13H,2H2,1H3,(H,28,29)(H,25,26,27)/b20-13-. The lowest BCUT2D eigenvalue weighted by molar-refractivity contribution is -0.115. The van der Waals surface area contributed by atoms with Gasteiger partial charge >= 0.3 is 11.9 Å². The molecule has 3 aromatic rings. The summed E-state index contributed by atoms with van der Waals surface area (Å²) in [6, 6.07) is 16.4. The van der Waals surface area contributed by atoms with Crippen LogP contribution in [0.1, 0.15) is 33.4 Å². The molecule has 33 heavy (non-hydrogen) atoms. The van der Waals surface area contributed by atoms with Crippen molar-refractivity contribution in [2.24, 2.45) is 4.99 Å². The second-order valence-corrected chi connectivity index (χ2v) is 7.86. The third kappa shape index (κ3) is 5.21. The molecule has 0 radical (unpaired) electrons. The molecule has 0 aliphatic carbocycles. The lowest BCUT2D eigenvalue weighted by atomic mass is 10.1. The molecule has 8 nitrogen and oxygen atoms in total. The van der Waals surface area contributed by atoms with Crippen LogP contribution in [-0.4, -0.2) is 34.7 Å². The maximum absolute atomic E-state index is 12.3. The minimum absolute atomic E-state index is 0.159. The highest BCUT2D eigenvalue weighted by Crippen LogP contribution is 2.30. The number of amides is 1. The van der Waals surface area contributed by atoms with Crippen molar-refractivity contribution >= 4 is 46.5 Å². The number of thioether (sulfide) groups is 1. The van der Waals surface area contributed by atoms with E-state index in [0.29, 0.717) is 39.5 Å². The van der Waals surface area contributed by atoms with Gasteiger partial charge in [0.2, 0.25) is 0 Å². The van der Waals surface area contributed by atoms with Crippen LogP contribution < -0.4 is 5.32 Å². The van der Waals surface area contributed by atoms with E-state index in [1.54, 1.807) is 61.5 Å². The van der Waals surface area contributed by atoms with E-state index in [0.717, 1.165) is 17.3 Å². The van der Waals surface area contributed by atoms with Gasteiger partial charge in [0.25, 0.3) is 5.91 Å². The molecule has 0 unspecified atom stereocenters. The maximum atomic E-state index is 12.3. The predicted molar refractivity (Wildman–Crippen MR) is 124 cm³/mol. The summed E-state index contributed by atoms with van der Waals surface area (Å²) in [6.07, 6.45) is 1.62. The number of carboxylic acids is 1. The second kappa shape index (κ2) is 9.58. The summed E-state index contributed by atoms with van der Waals surface area (Å²) in [4.78, 5) is 39.8. The van der Waals surface area contributed by atoms with Crippen LogP contribution in [0.5, 0.6) is 0 Å². The molecule has 1 saturated heterocycles. The fourth-order valence-corrected chi connectivity index (χ4v) is 3.80. The molecule has 0 bridgehead atoms. The molecule has 9 heteroatoms. The van der Waals surface area contributed by atoms with Gasteiger partial charge in [0.05, 0.1) is 28.3 Å². The Labute approximate surface area is 193 Å². The Morgan fingerprint density at radius 1 is 1.06 bits per heavy atom. The van der Waals surface area contributed by atoms with Crippen molar-refractivity contribution in [3.05, 3.63) is 82.5 Å². The van der Waals surface area contributed by atoms with Crippen molar-refractivity contribution < 1.29 is 28.6 Å². The highest BCUT2D eigenvalue weighted by Gasteiger charge is 2.24. The topological polar surface area (TPSA) is 118 Å². The minimum atomic E-state index is -1.02. The van der Waals surface area contributed by atoms with Crippen LogP contribution in [0.2, 0.25) is 0 Å². The minimum Gasteiger partial charge on any atom is -0.478 e. The van der Waals surface area contributed by atoms with Crippen molar-refractivity contribution in [2.45, 2.75) is 6.92 Å². The maximum Gasteiger partial charge on any atom is 0.338 e. The number of furan rings is 1. The fraction of sp³-hybridized carbons (Fsp3) is 0.0833. The quantitative estimate of drug-likeness (QED) is 0.402. The highest BCUT2D eigenvalue weighted by molar-refractivity contribution is 8.18. The number of esters is 1. The molecule has 166 valence electrons.